The Morgan fingerprint density at radius 2 is 1.83 bits per heavy atom. The second-order valence-electron chi connectivity index (χ2n) is 6.52. The number of amides is 3. The maximum absolute atomic E-state index is 12.2. The van der Waals surface area contributed by atoms with Gasteiger partial charge < -0.3 is 10.1 Å². The maximum atomic E-state index is 12.2. The van der Waals surface area contributed by atoms with E-state index in [-0.39, 0.29) is 23.2 Å². The summed E-state index contributed by atoms with van der Waals surface area (Å²) in [5.41, 5.74) is 3.32. The number of rotatable bonds is 5. The lowest BCUT2D eigenvalue weighted by Crippen LogP contribution is -2.51. The Balaban J connectivity index is 1.65. The van der Waals surface area contributed by atoms with Crippen molar-refractivity contribution < 1.29 is 19.1 Å². The average molecular weight is 409 g/mol. The van der Waals surface area contributed by atoms with Gasteiger partial charge in [0.1, 0.15) is 11.3 Å². The summed E-state index contributed by atoms with van der Waals surface area (Å²) < 4.78 is 5.54. The fraction of sp³-hybridized carbons (Fsp3) is 0.143. The minimum Gasteiger partial charge on any atom is -0.484 e. The van der Waals surface area contributed by atoms with Crippen molar-refractivity contribution in [1.29, 1.82) is 0 Å². The molecule has 3 rings (SSSR count). The number of carbonyl (C=O) groups is 3. The molecule has 3 amide bonds. The van der Waals surface area contributed by atoms with E-state index in [1.807, 2.05) is 32.0 Å². The minimum absolute atomic E-state index is 0.0240. The highest BCUT2D eigenvalue weighted by molar-refractivity contribution is 7.80. The Morgan fingerprint density at radius 1 is 1.10 bits per heavy atom. The fourth-order valence-corrected chi connectivity index (χ4v) is 2.94. The lowest BCUT2D eigenvalue weighted by Gasteiger charge is -2.16. The van der Waals surface area contributed by atoms with E-state index in [1.54, 1.807) is 24.3 Å². The molecular formula is C21H19N3O4S. The van der Waals surface area contributed by atoms with Gasteiger partial charge in [0, 0.05) is 5.69 Å². The van der Waals surface area contributed by atoms with E-state index in [2.05, 4.69) is 16.0 Å². The van der Waals surface area contributed by atoms with Crippen LogP contribution in [0.2, 0.25) is 0 Å². The summed E-state index contributed by atoms with van der Waals surface area (Å²) >= 11 is 4.77. The summed E-state index contributed by atoms with van der Waals surface area (Å²) in [5.74, 6) is -1.00. The van der Waals surface area contributed by atoms with E-state index >= 15 is 0 Å². The Bertz CT molecular complexity index is 1020. The van der Waals surface area contributed by atoms with Crippen LogP contribution in [0.5, 0.6) is 5.75 Å². The van der Waals surface area contributed by atoms with Gasteiger partial charge in [0.2, 0.25) is 0 Å². The monoisotopic (exact) mass is 409 g/mol. The van der Waals surface area contributed by atoms with Crippen molar-refractivity contribution in [3.8, 4) is 5.75 Å². The molecule has 0 atom stereocenters. The number of nitrogens with one attached hydrogen (secondary N) is 3. The second-order valence-corrected chi connectivity index (χ2v) is 6.93. The predicted molar refractivity (Wildman–Crippen MR) is 113 cm³/mol. The van der Waals surface area contributed by atoms with Crippen LogP contribution in [0.1, 0.15) is 16.7 Å². The summed E-state index contributed by atoms with van der Waals surface area (Å²) in [6.07, 6.45) is 1.43. The summed E-state index contributed by atoms with van der Waals surface area (Å²) in [7, 11) is 0. The fourth-order valence-electron chi connectivity index (χ4n) is 2.76. The van der Waals surface area contributed by atoms with Crippen molar-refractivity contribution in [1.82, 2.24) is 10.6 Å². The third-order valence-corrected chi connectivity index (χ3v) is 4.34. The molecule has 0 bridgehead atoms. The molecule has 148 valence electrons. The number of hydrogen-bond donors (Lipinski definition) is 3. The third-order valence-electron chi connectivity index (χ3n) is 4.14. The van der Waals surface area contributed by atoms with Crippen LogP contribution in [0.4, 0.5) is 5.69 Å². The molecule has 1 aliphatic rings. The molecule has 0 unspecified atom stereocenters. The molecule has 3 N–H and O–H groups in total. The van der Waals surface area contributed by atoms with Gasteiger partial charge in [-0.15, -0.1) is 0 Å². The molecule has 7 nitrogen and oxygen atoms in total. The molecule has 1 fully saturated rings. The molecule has 2 aromatic rings. The second kappa shape index (κ2) is 8.66. The first-order valence-corrected chi connectivity index (χ1v) is 9.21. The lowest BCUT2D eigenvalue weighted by molar-refractivity contribution is -0.123. The van der Waals surface area contributed by atoms with E-state index in [4.69, 9.17) is 17.0 Å². The molecule has 8 heteroatoms. The number of thiocarbonyl (C=S) groups is 1. The van der Waals surface area contributed by atoms with Gasteiger partial charge in [-0.2, -0.15) is 0 Å². The van der Waals surface area contributed by atoms with E-state index in [9.17, 15) is 14.4 Å². The van der Waals surface area contributed by atoms with Crippen molar-refractivity contribution in [2.75, 3.05) is 11.9 Å². The normalized spacial score (nSPS) is 13.4. The molecule has 0 aliphatic carbocycles. The summed E-state index contributed by atoms with van der Waals surface area (Å²) in [5, 5.41) is 7.53. The molecule has 1 heterocycles. The van der Waals surface area contributed by atoms with Crippen LogP contribution in [0.15, 0.2) is 48.0 Å². The molecule has 0 spiro atoms. The van der Waals surface area contributed by atoms with Gasteiger partial charge in [0.25, 0.3) is 17.7 Å². The first kappa shape index (κ1) is 20.2. The number of benzene rings is 2. The van der Waals surface area contributed by atoms with E-state index in [0.29, 0.717) is 11.3 Å². The van der Waals surface area contributed by atoms with Crippen molar-refractivity contribution in [2.45, 2.75) is 13.8 Å². The molecule has 1 aliphatic heterocycles. The minimum atomic E-state index is -0.571. The highest BCUT2D eigenvalue weighted by Crippen LogP contribution is 2.18. The van der Waals surface area contributed by atoms with Gasteiger partial charge in [0.05, 0.1) is 0 Å². The zero-order chi connectivity index (χ0) is 21.0. The zero-order valence-corrected chi connectivity index (χ0v) is 16.7. The molecule has 29 heavy (non-hydrogen) atoms. The van der Waals surface area contributed by atoms with Crippen LogP contribution in [-0.2, 0) is 14.4 Å². The van der Waals surface area contributed by atoms with E-state index in [1.165, 1.54) is 6.08 Å². The lowest BCUT2D eigenvalue weighted by atomic mass is 10.1. The molecule has 2 aromatic carbocycles. The van der Waals surface area contributed by atoms with Crippen molar-refractivity contribution in [2.24, 2.45) is 0 Å². The van der Waals surface area contributed by atoms with Gasteiger partial charge in [0.15, 0.2) is 11.7 Å². The third kappa shape index (κ3) is 5.26. The van der Waals surface area contributed by atoms with Crippen molar-refractivity contribution >= 4 is 46.8 Å². The number of ether oxygens (including phenoxy) is 1. The van der Waals surface area contributed by atoms with Crippen LogP contribution >= 0.6 is 12.2 Å². The van der Waals surface area contributed by atoms with Gasteiger partial charge in [-0.3, -0.25) is 25.0 Å². The number of aryl methyl sites for hydroxylation is 2. The number of carbonyl (C=O) groups excluding carboxylic acids is 3. The van der Waals surface area contributed by atoms with Gasteiger partial charge in [-0.25, -0.2) is 0 Å². The number of anilines is 1. The summed E-state index contributed by atoms with van der Waals surface area (Å²) in [6.45, 7) is 3.73. The van der Waals surface area contributed by atoms with Crippen LogP contribution in [0.25, 0.3) is 6.08 Å². The standard InChI is InChI=1S/C21H19N3O4S/c1-12-6-7-17(13(2)8-12)22-18(25)11-28-15-5-3-4-14(9-15)10-16-19(26)23-21(29)24-20(16)27/h3-10H,11H2,1-2H3,(H,22,25)(H2,23,24,26,27,29). The van der Waals surface area contributed by atoms with Crippen molar-refractivity contribution in [3.05, 3.63) is 64.7 Å². The predicted octanol–water partition coefficient (Wildman–Crippen LogP) is 2.24. The topological polar surface area (TPSA) is 96.5 Å². The highest BCUT2D eigenvalue weighted by Gasteiger charge is 2.25. The molecule has 0 saturated carbocycles. The quantitative estimate of drug-likeness (QED) is 0.400. The van der Waals surface area contributed by atoms with Gasteiger partial charge in [-0.1, -0.05) is 29.8 Å². The van der Waals surface area contributed by atoms with Crippen LogP contribution in [0, 0.1) is 13.8 Å². The van der Waals surface area contributed by atoms with Gasteiger partial charge in [-0.05, 0) is 61.5 Å². The average Bonchev–Trinajstić information content (AvgIpc) is 2.66. The molecule has 1 saturated heterocycles. The zero-order valence-electron chi connectivity index (χ0n) is 15.9. The summed E-state index contributed by atoms with van der Waals surface area (Å²) in [6, 6.07) is 12.5. The van der Waals surface area contributed by atoms with Gasteiger partial charge >= 0.3 is 0 Å². The Labute approximate surface area is 173 Å². The van der Waals surface area contributed by atoms with Crippen LogP contribution < -0.4 is 20.7 Å². The largest absolute Gasteiger partial charge is 0.484 e. The maximum Gasteiger partial charge on any atom is 0.263 e. The Hall–Kier alpha value is -3.52. The first-order chi connectivity index (χ1) is 13.8. The van der Waals surface area contributed by atoms with E-state index < -0.39 is 11.8 Å². The first-order valence-electron chi connectivity index (χ1n) is 8.80. The molecule has 0 radical (unpaired) electrons. The summed E-state index contributed by atoms with van der Waals surface area (Å²) in [4.78, 5) is 36.0. The molecule has 0 aromatic heterocycles. The van der Waals surface area contributed by atoms with Crippen molar-refractivity contribution in [3.63, 3.8) is 0 Å². The molecular weight excluding hydrogens is 390 g/mol. The smallest absolute Gasteiger partial charge is 0.263 e. The Morgan fingerprint density at radius 3 is 2.52 bits per heavy atom. The highest BCUT2D eigenvalue weighted by atomic mass is 32.1. The Kier molecular flexibility index (Phi) is 6.04. The number of hydrogen-bond acceptors (Lipinski definition) is 5. The van der Waals surface area contributed by atoms with E-state index in [0.717, 1.165) is 16.8 Å². The SMILES string of the molecule is Cc1ccc(NC(=O)COc2cccc(C=C3C(=O)NC(=S)NC3=O)c2)c(C)c1. The van der Waals surface area contributed by atoms with Crippen LogP contribution in [0.3, 0.4) is 0 Å². The van der Waals surface area contributed by atoms with Crippen LogP contribution in [-0.4, -0.2) is 29.4 Å².